The third kappa shape index (κ3) is 2.38. The molecule has 116 valence electrons. The number of aromatic nitrogens is 3. The maximum absolute atomic E-state index is 13.1. The fourth-order valence-corrected chi connectivity index (χ4v) is 3.40. The Hall–Kier alpha value is -2.69. The summed E-state index contributed by atoms with van der Waals surface area (Å²) in [6, 6.07) is 9.77. The Morgan fingerprint density at radius 2 is 2.13 bits per heavy atom. The Morgan fingerprint density at radius 1 is 1.26 bits per heavy atom. The van der Waals surface area contributed by atoms with Crippen LogP contribution in [0.15, 0.2) is 48.9 Å². The van der Waals surface area contributed by atoms with Crippen molar-refractivity contribution < 1.29 is 4.79 Å². The number of carbonyl (C=O) groups is 1. The van der Waals surface area contributed by atoms with Crippen molar-refractivity contribution in [2.45, 2.75) is 18.9 Å². The quantitative estimate of drug-likeness (QED) is 0.731. The van der Waals surface area contributed by atoms with Crippen molar-refractivity contribution in [2.24, 2.45) is 7.05 Å². The van der Waals surface area contributed by atoms with Gasteiger partial charge in [0.1, 0.15) is 0 Å². The lowest BCUT2D eigenvalue weighted by Gasteiger charge is -2.24. The highest BCUT2D eigenvalue weighted by molar-refractivity contribution is 6.05. The number of carbonyl (C=O) groups excluding carboxylic acids is 1. The van der Waals surface area contributed by atoms with Crippen molar-refractivity contribution in [3.63, 3.8) is 0 Å². The molecule has 4 rings (SSSR count). The second kappa shape index (κ2) is 5.50. The number of para-hydroxylation sites is 1. The summed E-state index contributed by atoms with van der Waals surface area (Å²) in [5, 5.41) is 5.24. The van der Waals surface area contributed by atoms with E-state index in [1.165, 1.54) is 0 Å². The van der Waals surface area contributed by atoms with Gasteiger partial charge in [0, 0.05) is 36.9 Å². The van der Waals surface area contributed by atoms with Gasteiger partial charge in [-0.3, -0.25) is 14.5 Å². The lowest BCUT2D eigenvalue weighted by Crippen LogP contribution is -2.30. The van der Waals surface area contributed by atoms with Crippen LogP contribution in [0.5, 0.6) is 0 Å². The molecular formula is C18H18N4O. The number of nitrogens with zero attached hydrogens (tertiary/aromatic N) is 4. The molecule has 3 aromatic rings. The van der Waals surface area contributed by atoms with Crippen molar-refractivity contribution in [3.8, 4) is 0 Å². The predicted molar refractivity (Wildman–Crippen MR) is 88.0 cm³/mol. The Labute approximate surface area is 134 Å². The first kappa shape index (κ1) is 13.9. The summed E-state index contributed by atoms with van der Waals surface area (Å²) in [7, 11) is 1.90. The van der Waals surface area contributed by atoms with E-state index >= 15 is 0 Å². The van der Waals surface area contributed by atoms with Gasteiger partial charge in [0.15, 0.2) is 0 Å². The molecule has 1 amide bonds. The Bertz CT molecular complexity index is 865. The van der Waals surface area contributed by atoms with E-state index in [4.69, 9.17) is 0 Å². The van der Waals surface area contributed by atoms with Gasteiger partial charge in [0.05, 0.1) is 23.3 Å². The van der Waals surface area contributed by atoms with Crippen LogP contribution in [0.25, 0.3) is 10.9 Å². The average molecular weight is 306 g/mol. The Morgan fingerprint density at radius 3 is 2.96 bits per heavy atom. The second-order valence-electron chi connectivity index (χ2n) is 5.98. The van der Waals surface area contributed by atoms with Crippen LogP contribution in [-0.4, -0.2) is 32.1 Å². The average Bonchev–Trinajstić information content (AvgIpc) is 3.22. The van der Waals surface area contributed by atoms with Crippen LogP contribution in [0, 0.1) is 0 Å². The highest BCUT2D eigenvalue weighted by Crippen LogP contribution is 2.33. The van der Waals surface area contributed by atoms with E-state index in [1.807, 2.05) is 54.7 Å². The van der Waals surface area contributed by atoms with Gasteiger partial charge in [-0.1, -0.05) is 18.2 Å². The zero-order valence-corrected chi connectivity index (χ0v) is 13.0. The molecule has 1 aromatic carbocycles. The number of likely N-dealkylation sites (tertiary alicyclic amines) is 1. The zero-order chi connectivity index (χ0) is 15.8. The van der Waals surface area contributed by atoms with E-state index in [0.717, 1.165) is 35.9 Å². The van der Waals surface area contributed by atoms with E-state index in [9.17, 15) is 4.79 Å². The molecule has 2 aromatic heterocycles. The van der Waals surface area contributed by atoms with Gasteiger partial charge in [0.25, 0.3) is 5.91 Å². The summed E-state index contributed by atoms with van der Waals surface area (Å²) < 4.78 is 1.79. The first-order valence-electron chi connectivity index (χ1n) is 7.87. The molecular weight excluding hydrogens is 288 g/mol. The van der Waals surface area contributed by atoms with Crippen LogP contribution < -0.4 is 0 Å². The summed E-state index contributed by atoms with van der Waals surface area (Å²) in [4.78, 5) is 19.5. The molecule has 1 atom stereocenters. The minimum atomic E-state index is 0.0562. The van der Waals surface area contributed by atoms with Gasteiger partial charge in [-0.2, -0.15) is 5.10 Å². The molecule has 3 heterocycles. The summed E-state index contributed by atoms with van der Waals surface area (Å²) in [6.07, 6.45) is 7.59. The molecule has 1 aliphatic rings. The number of rotatable bonds is 2. The summed E-state index contributed by atoms with van der Waals surface area (Å²) in [6.45, 7) is 0.779. The number of hydrogen-bond acceptors (Lipinski definition) is 3. The van der Waals surface area contributed by atoms with E-state index in [0.29, 0.717) is 5.56 Å². The minimum absolute atomic E-state index is 0.0562. The standard InChI is InChI=1S/C18H18N4O/c1-21-12-14(11-20-21)16-8-4-10-22(16)18(23)15-7-2-5-13-6-3-9-19-17(13)15/h2-3,5-7,9,11-12,16H,4,8,10H2,1H3/t16-/m1/s1. The number of hydrogen-bond donors (Lipinski definition) is 0. The molecule has 0 saturated carbocycles. The predicted octanol–water partition coefficient (Wildman–Crippen LogP) is 2.95. The van der Waals surface area contributed by atoms with Gasteiger partial charge >= 0.3 is 0 Å². The lowest BCUT2D eigenvalue weighted by molar-refractivity contribution is 0.0737. The Balaban J connectivity index is 1.72. The first-order chi connectivity index (χ1) is 11.2. The van der Waals surface area contributed by atoms with E-state index < -0.39 is 0 Å². The fraction of sp³-hybridized carbons (Fsp3) is 0.278. The molecule has 0 spiro atoms. The largest absolute Gasteiger partial charge is 0.331 e. The van der Waals surface area contributed by atoms with Crippen LogP contribution in [0.3, 0.4) is 0 Å². The minimum Gasteiger partial charge on any atom is -0.331 e. The van der Waals surface area contributed by atoms with E-state index in [2.05, 4.69) is 10.1 Å². The SMILES string of the molecule is Cn1cc([C@H]2CCCN2C(=O)c2cccc3cccnc23)cn1. The van der Waals surface area contributed by atoms with Gasteiger partial charge in [-0.15, -0.1) is 0 Å². The number of fused-ring (bicyclic) bond motifs is 1. The zero-order valence-electron chi connectivity index (χ0n) is 13.0. The second-order valence-corrected chi connectivity index (χ2v) is 5.98. The molecule has 1 aliphatic heterocycles. The third-order valence-electron chi connectivity index (χ3n) is 4.49. The molecule has 0 radical (unpaired) electrons. The summed E-state index contributed by atoms with van der Waals surface area (Å²) >= 11 is 0. The molecule has 5 nitrogen and oxygen atoms in total. The van der Waals surface area contributed by atoms with Crippen molar-refractivity contribution >= 4 is 16.8 Å². The van der Waals surface area contributed by atoms with Crippen molar-refractivity contribution in [1.82, 2.24) is 19.7 Å². The first-order valence-corrected chi connectivity index (χ1v) is 7.87. The Kier molecular flexibility index (Phi) is 3.33. The van der Waals surface area contributed by atoms with Gasteiger partial charge in [-0.25, -0.2) is 0 Å². The summed E-state index contributed by atoms with van der Waals surface area (Å²) in [5.74, 6) is 0.0562. The topological polar surface area (TPSA) is 51.0 Å². The van der Waals surface area contributed by atoms with Crippen LogP contribution in [0.1, 0.15) is 34.8 Å². The van der Waals surface area contributed by atoms with E-state index in [1.54, 1.807) is 10.9 Å². The van der Waals surface area contributed by atoms with Crippen molar-refractivity contribution in [1.29, 1.82) is 0 Å². The van der Waals surface area contributed by atoms with Crippen molar-refractivity contribution in [2.75, 3.05) is 6.54 Å². The van der Waals surface area contributed by atoms with Crippen LogP contribution in [0.2, 0.25) is 0 Å². The fourth-order valence-electron chi connectivity index (χ4n) is 3.40. The van der Waals surface area contributed by atoms with Crippen LogP contribution in [0.4, 0.5) is 0 Å². The number of benzene rings is 1. The molecule has 1 saturated heterocycles. The molecule has 5 heteroatoms. The highest BCUT2D eigenvalue weighted by atomic mass is 16.2. The maximum Gasteiger partial charge on any atom is 0.256 e. The number of pyridine rings is 1. The smallest absolute Gasteiger partial charge is 0.256 e. The molecule has 0 unspecified atom stereocenters. The summed E-state index contributed by atoms with van der Waals surface area (Å²) in [5.41, 5.74) is 2.56. The van der Waals surface area contributed by atoms with Crippen molar-refractivity contribution in [3.05, 3.63) is 60.0 Å². The number of aryl methyl sites for hydroxylation is 1. The van der Waals surface area contributed by atoms with Crippen LogP contribution in [-0.2, 0) is 7.05 Å². The normalized spacial score (nSPS) is 17.8. The molecule has 0 bridgehead atoms. The molecule has 23 heavy (non-hydrogen) atoms. The van der Waals surface area contributed by atoms with Gasteiger partial charge in [-0.05, 0) is 25.0 Å². The van der Waals surface area contributed by atoms with Crippen LogP contribution >= 0.6 is 0 Å². The number of amides is 1. The highest BCUT2D eigenvalue weighted by Gasteiger charge is 2.32. The third-order valence-corrected chi connectivity index (χ3v) is 4.49. The molecule has 0 aliphatic carbocycles. The van der Waals surface area contributed by atoms with Gasteiger partial charge in [0.2, 0.25) is 0 Å². The van der Waals surface area contributed by atoms with Gasteiger partial charge < -0.3 is 4.90 Å². The maximum atomic E-state index is 13.1. The van der Waals surface area contributed by atoms with E-state index in [-0.39, 0.29) is 11.9 Å². The monoisotopic (exact) mass is 306 g/mol. The lowest BCUT2D eigenvalue weighted by atomic mass is 10.1. The molecule has 0 N–H and O–H groups in total. The molecule has 1 fully saturated rings.